The Morgan fingerprint density at radius 1 is 1.45 bits per heavy atom. The van der Waals surface area contributed by atoms with Crippen LogP contribution in [0.15, 0.2) is 22.7 Å². The van der Waals surface area contributed by atoms with Crippen LogP contribution in [-0.4, -0.2) is 21.8 Å². The largest absolute Gasteiger partial charge is 0.444 e. The lowest BCUT2D eigenvalue weighted by atomic mass is 10.2. The van der Waals surface area contributed by atoms with Gasteiger partial charge >= 0.3 is 6.09 Å². The Balaban J connectivity index is 2.24. The molecule has 0 bridgehead atoms. The molecule has 0 spiro atoms. The molecule has 1 aromatic carbocycles. The Kier molecular flexibility index (Phi) is 3.31. The molecule has 1 aromatic heterocycles. The predicted octanol–water partition coefficient (Wildman–Crippen LogP) is 3.08. The van der Waals surface area contributed by atoms with Crippen LogP contribution >= 0.6 is 0 Å². The van der Waals surface area contributed by atoms with Gasteiger partial charge in [-0.2, -0.15) is 0 Å². The molecule has 106 valence electrons. The van der Waals surface area contributed by atoms with Crippen molar-refractivity contribution in [3.05, 3.63) is 28.3 Å². The lowest BCUT2D eigenvalue weighted by molar-refractivity contribution is -0.384. The summed E-state index contributed by atoms with van der Waals surface area (Å²) in [5.74, 6) is 0.157. The summed E-state index contributed by atoms with van der Waals surface area (Å²) in [5.41, 5.74) is -0.537. The van der Waals surface area contributed by atoms with Gasteiger partial charge in [-0.15, -0.1) is 0 Å². The number of benzene rings is 1. The fourth-order valence-electron chi connectivity index (χ4n) is 1.53. The van der Waals surface area contributed by atoms with Crippen LogP contribution in [0.4, 0.5) is 16.3 Å². The summed E-state index contributed by atoms with van der Waals surface area (Å²) in [6, 6.07) is 4.00. The summed E-state index contributed by atoms with van der Waals surface area (Å²) in [7, 11) is 0. The van der Waals surface area contributed by atoms with Gasteiger partial charge in [0.25, 0.3) is 5.69 Å². The van der Waals surface area contributed by atoms with Crippen LogP contribution in [-0.2, 0) is 4.74 Å². The van der Waals surface area contributed by atoms with E-state index in [4.69, 9.17) is 9.26 Å². The Hall–Kier alpha value is -2.64. The van der Waals surface area contributed by atoms with Gasteiger partial charge in [-0.05, 0) is 26.8 Å². The monoisotopic (exact) mass is 279 g/mol. The summed E-state index contributed by atoms with van der Waals surface area (Å²) in [6.45, 7) is 5.20. The number of non-ortho nitro benzene ring substituents is 1. The fraction of sp³-hybridized carbons (Fsp3) is 0.333. The van der Waals surface area contributed by atoms with Crippen molar-refractivity contribution in [2.45, 2.75) is 26.4 Å². The first-order chi connectivity index (χ1) is 9.26. The second kappa shape index (κ2) is 4.80. The summed E-state index contributed by atoms with van der Waals surface area (Å²) in [4.78, 5) is 21.7. The average Bonchev–Trinajstić information content (AvgIpc) is 2.69. The van der Waals surface area contributed by atoms with Crippen molar-refractivity contribution in [1.29, 1.82) is 0 Å². The third-order valence-electron chi connectivity index (χ3n) is 2.29. The van der Waals surface area contributed by atoms with Gasteiger partial charge in [0, 0.05) is 6.07 Å². The van der Waals surface area contributed by atoms with Gasteiger partial charge in [-0.3, -0.25) is 15.4 Å². The van der Waals surface area contributed by atoms with Crippen molar-refractivity contribution in [3.8, 4) is 0 Å². The average molecular weight is 279 g/mol. The number of nitro benzene ring substituents is 1. The molecule has 1 heterocycles. The van der Waals surface area contributed by atoms with Crippen LogP contribution < -0.4 is 5.32 Å². The highest BCUT2D eigenvalue weighted by Gasteiger charge is 2.19. The SMILES string of the molecule is CC(C)(C)OC(=O)Nc1noc2cc([N+](=O)[O-])ccc12. The summed E-state index contributed by atoms with van der Waals surface area (Å²) >= 11 is 0. The van der Waals surface area contributed by atoms with Gasteiger partial charge < -0.3 is 9.26 Å². The van der Waals surface area contributed by atoms with Crippen molar-refractivity contribution < 1.29 is 19.0 Å². The minimum absolute atomic E-state index is 0.113. The second-order valence-corrected chi connectivity index (χ2v) is 5.10. The normalized spacial score (nSPS) is 11.3. The van der Waals surface area contributed by atoms with E-state index in [1.54, 1.807) is 20.8 Å². The van der Waals surface area contributed by atoms with E-state index in [0.717, 1.165) is 0 Å². The topological polar surface area (TPSA) is 108 Å². The molecule has 1 N–H and O–H groups in total. The number of nitro groups is 1. The third-order valence-corrected chi connectivity index (χ3v) is 2.29. The van der Waals surface area contributed by atoms with Crippen LogP contribution in [0.25, 0.3) is 11.0 Å². The first-order valence-electron chi connectivity index (χ1n) is 5.80. The highest BCUT2D eigenvalue weighted by atomic mass is 16.6. The summed E-state index contributed by atoms with van der Waals surface area (Å²) in [6.07, 6.45) is -0.675. The zero-order chi connectivity index (χ0) is 14.9. The molecule has 0 saturated heterocycles. The van der Waals surface area contributed by atoms with Gasteiger partial charge in [0.05, 0.1) is 16.4 Å². The van der Waals surface area contributed by atoms with Gasteiger partial charge in [0.1, 0.15) is 5.60 Å². The number of anilines is 1. The molecule has 0 atom stereocenters. The molecule has 8 heteroatoms. The highest BCUT2D eigenvalue weighted by molar-refractivity contribution is 5.96. The van der Waals surface area contributed by atoms with E-state index in [1.165, 1.54) is 18.2 Å². The number of aromatic nitrogens is 1. The number of nitrogens with zero attached hydrogens (tertiary/aromatic N) is 2. The van der Waals surface area contributed by atoms with Crippen molar-refractivity contribution >= 4 is 28.6 Å². The molecule has 0 radical (unpaired) electrons. The molecular weight excluding hydrogens is 266 g/mol. The Bertz CT molecular complexity index is 671. The third kappa shape index (κ3) is 3.02. The van der Waals surface area contributed by atoms with E-state index < -0.39 is 16.6 Å². The highest BCUT2D eigenvalue weighted by Crippen LogP contribution is 2.26. The van der Waals surface area contributed by atoms with E-state index >= 15 is 0 Å². The van der Waals surface area contributed by atoms with Crippen molar-refractivity contribution in [1.82, 2.24) is 5.16 Å². The second-order valence-electron chi connectivity index (χ2n) is 5.10. The van der Waals surface area contributed by atoms with Gasteiger partial charge in [0.2, 0.25) is 0 Å². The van der Waals surface area contributed by atoms with Crippen molar-refractivity contribution in [2.24, 2.45) is 0 Å². The fourth-order valence-corrected chi connectivity index (χ4v) is 1.53. The Morgan fingerprint density at radius 3 is 2.75 bits per heavy atom. The van der Waals surface area contributed by atoms with E-state index in [2.05, 4.69) is 10.5 Å². The van der Waals surface area contributed by atoms with Gasteiger partial charge in [-0.1, -0.05) is 5.16 Å². The number of rotatable bonds is 2. The number of carbonyl (C=O) groups is 1. The Labute approximate surface area is 113 Å². The smallest absolute Gasteiger partial charge is 0.413 e. The van der Waals surface area contributed by atoms with E-state index in [0.29, 0.717) is 5.39 Å². The van der Waals surface area contributed by atoms with Crippen molar-refractivity contribution in [2.75, 3.05) is 5.32 Å². The molecule has 20 heavy (non-hydrogen) atoms. The first kappa shape index (κ1) is 13.8. The number of fused-ring (bicyclic) bond motifs is 1. The number of nitrogens with one attached hydrogen (secondary N) is 1. The molecular formula is C12H13N3O5. The van der Waals surface area contributed by atoms with Crippen LogP contribution in [0, 0.1) is 10.1 Å². The standard InChI is InChI=1S/C12H13N3O5/c1-12(2,3)19-11(16)13-10-8-5-4-7(15(17)18)6-9(8)20-14-10/h4-6H,1-3H3,(H,13,14,16). The number of hydrogen-bond donors (Lipinski definition) is 1. The molecule has 1 amide bonds. The maximum absolute atomic E-state index is 11.6. The molecule has 0 aliphatic carbocycles. The Morgan fingerprint density at radius 2 is 2.15 bits per heavy atom. The van der Waals surface area contributed by atoms with Crippen molar-refractivity contribution in [3.63, 3.8) is 0 Å². The zero-order valence-corrected chi connectivity index (χ0v) is 11.2. The number of amides is 1. The predicted molar refractivity (Wildman–Crippen MR) is 70.5 cm³/mol. The molecule has 2 aromatic rings. The number of hydrogen-bond acceptors (Lipinski definition) is 6. The summed E-state index contributed by atoms with van der Waals surface area (Å²) < 4.78 is 10.0. The molecule has 0 aliphatic heterocycles. The van der Waals surface area contributed by atoms with E-state index in [1.807, 2.05) is 0 Å². The molecule has 0 aliphatic rings. The zero-order valence-electron chi connectivity index (χ0n) is 11.2. The molecule has 0 unspecified atom stereocenters. The van der Waals surface area contributed by atoms with E-state index in [-0.39, 0.29) is 17.1 Å². The van der Waals surface area contributed by atoms with Crippen LogP contribution in [0.1, 0.15) is 20.8 Å². The molecule has 0 fully saturated rings. The van der Waals surface area contributed by atoms with Crippen LogP contribution in [0.2, 0.25) is 0 Å². The molecule has 0 saturated carbocycles. The van der Waals surface area contributed by atoms with Gasteiger partial charge in [0.15, 0.2) is 11.4 Å². The van der Waals surface area contributed by atoms with E-state index in [9.17, 15) is 14.9 Å². The number of ether oxygens (including phenoxy) is 1. The van der Waals surface area contributed by atoms with Crippen LogP contribution in [0.3, 0.4) is 0 Å². The molecule has 2 rings (SSSR count). The lowest BCUT2D eigenvalue weighted by Gasteiger charge is -2.18. The minimum atomic E-state index is -0.675. The minimum Gasteiger partial charge on any atom is -0.444 e. The summed E-state index contributed by atoms with van der Waals surface area (Å²) in [5, 5.41) is 17.2. The van der Waals surface area contributed by atoms with Gasteiger partial charge in [-0.25, -0.2) is 4.79 Å². The van der Waals surface area contributed by atoms with Crippen LogP contribution in [0.5, 0.6) is 0 Å². The number of carbonyl (C=O) groups excluding carboxylic acids is 1. The maximum Gasteiger partial charge on any atom is 0.413 e. The first-order valence-corrected chi connectivity index (χ1v) is 5.80. The lowest BCUT2D eigenvalue weighted by Crippen LogP contribution is -2.27. The maximum atomic E-state index is 11.6. The molecule has 8 nitrogen and oxygen atoms in total. The quantitative estimate of drug-likeness (QED) is 0.668.